The number of aromatic carboxylic acids is 1. The first kappa shape index (κ1) is 10.6. The van der Waals surface area contributed by atoms with Crippen molar-refractivity contribution in [3.63, 3.8) is 0 Å². The van der Waals surface area contributed by atoms with Crippen molar-refractivity contribution in [2.75, 3.05) is 6.67 Å². The Bertz CT molecular complexity index is 335. The van der Waals surface area contributed by atoms with Gasteiger partial charge >= 0.3 is 5.97 Å². The van der Waals surface area contributed by atoms with Gasteiger partial charge in [0.1, 0.15) is 6.67 Å². The number of aryl methyl sites for hydroxylation is 1. The first-order valence-corrected chi connectivity index (χ1v) is 4.30. The molecule has 0 aliphatic rings. The van der Waals surface area contributed by atoms with E-state index in [9.17, 15) is 9.18 Å². The standard InChI is InChI=1S/C8H12FN3O2/c1-5(2)7-6(8(13)14)10-11-12(7)4-3-9/h5H,3-4H2,1-2H3,(H,13,14). The van der Waals surface area contributed by atoms with Crippen LogP contribution in [0, 0.1) is 0 Å². The lowest BCUT2D eigenvalue weighted by Crippen LogP contribution is -2.10. The van der Waals surface area contributed by atoms with Crippen molar-refractivity contribution in [1.82, 2.24) is 15.0 Å². The van der Waals surface area contributed by atoms with E-state index in [1.54, 1.807) is 0 Å². The molecule has 0 aliphatic heterocycles. The van der Waals surface area contributed by atoms with Gasteiger partial charge in [0.15, 0.2) is 5.69 Å². The van der Waals surface area contributed by atoms with Crippen LogP contribution in [0.1, 0.15) is 35.9 Å². The van der Waals surface area contributed by atoms with Crippen molar-refractivity contribution in [2.24, 2.45) is 0 Å². The van der Waals surface area contributed by atoms with Gasteiger partial charge in [0.25, 0.3) is 0 Å². The molecule has 0 unspecified atom stereocenters. The molecule has 14 heavy (non-hydrogen) atoms. The molecule has 0 aromatic carbocycles. The molecular weight excluding hydrogens is 189 g/mol. The second kappa shape index (κ2) is 4.17. The van der Waals surface area contributed by atoms with Gasteiger partial charge < -0.3 is 5.11 Å². The maximum atomic E-state index is 12.1. The Hall–Kier alpha value is -1.46. The van der Waals surface area contributed by atoms with Crippen LogP contribution in [0.25, 0.3) is 0 Å². The van der Waals surface area contributed by atoms with E-state index >= 15 is 0 Å². The molecule has 0 radical (unpaired) electrons. The summed E-state index contributed by atoms with van der Waals surface area (Å²) >= 11 is 0. The minimum atomic E-state index is -1.13. The minimum absolute atomic E-state index is 0.0392. The minimum Gasteiger partial charge on any atom is -0.476 e. The Morgan fingerprint density at radius 1 is 1.64 bits per heavy atom. The molecule has 0 atom stereocenters. The maximum Gasteiger partial charge on any atom is 0.358 e. The summed E-state index contributed by atoms with van der Waals surface area (Å²) in [7, 11) is 0. The highest BCUT2D eigenvalue weighted by Crippen LogP contribution is 2.17. The van der Waals surface area contributed by atoms with Gasteiger partial charge in [-0.15, -0.1) is 5.10 Å². The fourth-order valence-corrected chi connectivity index (χ4v) is 1.29. The quantitative estimate of drug-likeness (QED) is 0.791. The molecule has 0 saturated carbocycles. The first-order valence-electron chi connectivity index (χ1n) is 4.30. The molecule has 0 amide bonds. The Kier molecular flexibility index (Phi) is 3.16. The molecule has 1 aromatic heterocycles. The van der Waals surface area contributed by atoms with E-state index in [0.29, 0.717) is 5.69 Å². The van der Waals surface area contributed by atoms with Crippen molar-refractivity contribution >= 4 is 5.97 Å². The highest BCUT2D eigenvalue weighted by atomic mass is 19.1. The molecule has 0 saturated heterocycles. The van der Waals surface area contributed by atoms with Crippen LogP contribution in [0.5, 0.6) is 0 Å². The van der Waals surface area contributed by atoms with Crippen LogP contribution in [0.15, 0.2) is 0 Å². The van der Waals surface area contributed by atoms with Crippen LogP contribution in [0.2, 0.25) is 0 Å². The number of alkyl halides is 1. The Balaban J connectivity index is 3.13. The first-order chi connectivity index (χ1) is 6.57. The van der Waals surface area contributed by atoms with Crippen molar-refractivity contribution in [3.05, 3.63) is 11.4 Å². The van der Waals surface area contributed by atoms with Gasteiger partial charge in [-0.3, -0.25) is 0 Å². The lowest BCUT2D eigenvalue weighted by Gasteiger charge is -2.07. The summed E-state index contributed by atoms with van der Waals surface area (Å²) in [6.45, 7) is 3.11. The number of halogens is 1. The number of carboxylic acid groups (broad SMARTS) is 1. The number of rotatable bonds is 4. The van der Waals surface area contributed by atoms with Crippen LogP contribution in [-0.2, 0) is 6.54 Å². The van der Waals surface area contributed by atoms with Crippen LogP contribution in [0.3, 0.4) is 0 Å². The average Bonchev–Trinajstić information content (AvgIpc) is 2.48. The summed E-state index contributed by atoms with van der Waals surface area (Å²) in [5.41, 5.74) is 0.378. The normalized spacial score (nSPS) is 10.9. The van der Waals surface area contributed by atoms with Gasteiger partial charge in [-0.1, -0.05) is 19.1 Å². The smallest absolute Gasteiger partial charge is 0.358 e. The number of carbonyl (C=O) groups is 1. The summed E-state index contributed by atoms with van der Waals surface area (Å²) < 4.78 is 13.4. The zero-order valence-corrected chi connectivity index (χ0v) is 8.07. The summed E-state index contributed by atoms with van der Waals surface area (Å²) in [5.74, 6) is -1.17. The fraction of sp³-hybridized carbons (Fsp3) is 0.625. The topological polar surface area (TPSA) is 68.0 Å². The molecule has 78 valence electrons. The van der Waals surface area contributed by atoms with Gasteiger partial charge in [0, 0.05) is 0 Å². The summed E-state index contributed by atoms with van der Waals surface area (Å²) in [4.78, 5) is 10.7. The highest BCUT2D eigenvalue weighted by molar-refractivity contribution is 5.86. The number of aromatic nitrogens is 3. The Morgan fingerprint density at radius 3 is 2.71 bits per heavy atom. The zero-order valence-electron chi connectivity index (χ0n) is 8.07. The van der Waals surface area contributed by atoms with Gasteiger partial charge in [0.2, 0.25) is 0 Å². The van der Waals surface area contributed by atoms with Crippen molar-refractivity contribution in [3.8, 4) is 0 Å². The molecule has 0 aliphatic carbocycles. The van der Waals surface area contributed by atoms with Gasteiger partial charge in [-0.05, 0) is 5.92 Å². The lowest BCUT2D eigenvalue weighted by atomic mass is 10.1. The fourth-order valence-electron chi connectivity index (χ4n) is 1.29. The molecule has 1 rings (SSSR count). The van der Waals surface area contributed by atoms with Crippen LogP contribution < -0.4 is 0 Å². The predicted molar refractivity (Wildman–Crippen MR) is 47.0 cm³/mol. The summed E-state index contributed by atoms with van der Waals surface area (Å²) in [5, 5.41) is 15.9. The lowest BCUT2D eigenvalue weighted by molar-refractivity contribution is 0.0688. The van der Waals surface area contributed by atoms with Gasteiger partial charge in [0.05, 0.1) is 12.2 Å². The number of hydrogen-bond acceptors (Lipinski definition) is 3. The predicted octanol–water partition coefficient (Wildman–Crippen LogP) is 1.07. The van der Waals surface area contributed by atoms with Crippen molar-refractivity contribution in [2.45, 2.75) is 26.3 Å². The van der Waals surface area contributed by atoms with E-state index < -0.39 is 12.6 Å². The van der Waals surface area contributed by atoms with Crippen LogP contribution >= 0.6 is 0 Å². The molecule has 1 aromatic rings. The molecule has 0 bridgehead atoms. The van der Waals surface area contributed by atoms with Crippen LogP contribution in [0.4, 0.5) is 4.39 Å². The average molecular weight is 201 g/mol. The molecular formula is C8H12FN3O2. The Morgan fingerprint density at radius 2 is 2.29 bits per heavy atom. The van der Waals surface area contributed by atoms with Gasteiger partial charge in [-0.25, -0.2) is 13.9 Å². The second-order valence-corrected chi connectivity index (χ2v) is 3.20. The number of nitrogens with zero attached hydrogens (tertiary/aromatic N) is 3. The summed E-state index contributed by atoms with van der Waals surface area (Å²) in [6, 6.07) is 0. The molecule has 6 heteroatoms. The van der Waals surface area contributed by atoms with E-state index in [0.717, 1.165) is 0 Å². The monoisotopic (exact) mass is 201 g/mol. The molecule has 0 spiro atoms. The molecule has 1 N–H and O–H groups in total. The maximum absolute atomic E-state index is 12.1. The zero-order chi connectivity index (χ0) is 10.7. The van der Waals surface area contributed by atoms with E-state index in [-0.39, 0.29) is 18.2 Å². The summed E-state index contributed by atoms with van der Waals surface area (Å²) in [6.07, 6.45) is 0. The largest absolute Gasteiger partial charge is 0.476 e. The second-order valence-electron chi connectivity index (χ2n) is 3.20. The third-order valence-electron chi connectivity index (χ3n) is 1.82. The Labute approximate surface area is 80.5 Å². The number of hydrogen-bond donors (Lipinski definition) is 1. The number of carboxylic acids is 1. The molecule has 5 nitrogen and oxygen atoms in total. The van der Waals surface area contributed by atoms with Crippen molar-refractivity contribution in [1.29, 1.82) is 0 Å². The third-order valence-corrected chi connectivity index (χ3v) is 1.82. The van der Waals surface area contributed by atoms with Crippen LogP contribution in [-0.4, -0.2) is 32.7 Å². The van der Waals surface area contributed by atoms with E-state index in [1.807, 2.05) is 13.8 Å². The molecule has 1 heterocycles. The van der Waals surface area contributed by atoms with Crippen molar-refractivity contribution < 1.29 is 14.3 Å². The molecule has 0 fully saturated rings. The van der Waals surface area contributed by atoms with Gasteiger partial charge in [-0.2, -0.15) is 0 Å². The van der Waals surface area contributed by atoms with E-state index in [1.165, 1.54) is 4.68 Å². The third kappa shape index (κ3) is 1.89. The van der Waals surface area contributed by atoms with E-state index in [4.69, 9.17) is 5.11 Å². The SMILES string of the molecule is CC(C)c1c(C(=O)O)nnn1CCF. The highest BCUT2D eigenvalue weighted by Gasteiger charge is 2.20. The van der Waals surface area contributed by atoms with E-state index in [2.05, 4.69) is 10.3 Å².